The molecule has 1 aromatic heterocycles. The standard InChI is InChI=1S/C23H25N3O/c1-18(17-19-7-3-2-4-8-19)25-13-15-26(16-14-25)23(27)22-21-10-6-5-9-20(21)11-12-24-22/h2-12,18H,13-17H2,1H3. The lowest BCUT2D eigenvalue weighted by atomic mass is 10.0. The second kappa shape index (κ2) is 7.89. The zero-order chi connectivity index (χ0) is 18.6. The van der Waals surface area contributed by atoms with Crippen molar-refractivity contribution in [3.63, 3.8) is 0 Å². The highest BCUT2D eigenvalue weighted by molar-refractivity contribution is 6.05. The van der Waals surface area contributed by atoms with Crippen molar-refractivity contribution in [1.82, 2.24) is 14.8 Å². The summed E-state index contributed by atoms with van der Waals surface area (Å²) in [5, 5.41) is 2.00. The number of hydrogen-bond donors (Lipinski definition) is 0. The summed E-state index contributed by atoms with van der Waals surface area (Å²) in [5.74, 6) is 0.0437. The summed E-state index contributed by atoms with van der Waals surface area (Å²) in [6.07, 6.45) is 2.77. The molecule has 0 radical (unpaired) electrons. The third-order valence-electron chi connectivity index (χ3n) is 5.47. The Bertz CT molecular complexity index is 912. The smallest absolute Gasteiger partial charge is 0.273 e. The van der Waals surface area contributed by atoms with Crippen molar-refractivity contribution in [3.05, 3.63) is 78.1 Å². The van der Waals surface area contributed by atoms with Gasteiger partial charge in [0, 0.05) is 43.8 Å². The Labute approximate surface area is 160 Å². The number of nitrogens with zero attached hydrogens (tertiary/aromatic N) is 3. The molecule has 1 unspecified atom stereocenters. The van der Waals surface area contributed by atoms with Gasteiger partial charge in [0.05, 0.1) is 0 Å². The van der Waals surface area contributed by atoms with Crippen molar-refractivity contribution in [3.8, 4) is 0 Å². The maximum absolute atomic E-state index is 13.0. The number of fused-ring (bicyclic) bond motifs is 1. The fourth-order valence-electron chi connectivity index (χ4n) is 3.89. The van der Waals surface area contributed by atoms with Crippen LogP contribution in [0.5, 0.6) is 0 Å². The lowest BCUT2D eigenvalue weighted by molar-refractivity contribution is 0.0579. The minimum Gasteiger partial charge on any atom is -0.335 e. The van der Waals surface area contributed by atoms with E-state index in [2.05, 4.69) is 47.1 Å². The minimum atomic E-state index is 0.0437. The second-order valence-electron chi connectivity index (χ2n) is 7.25. The van der Waals surface area contributed by atoms with Crippen LogP contribution >= 0.6 is 0 Å². The molecule has 27 heavy (non-hydrogen) atoms. The summed E-state index contributed by atoms with van der Waals surface area (Å²) in [7, 11) is 0. The van der Waals surface area contributed by atoms with Crippen LogP contribution in [-0.4, -0.2) is 52.9 Å². The fraction of sp³-hybridized carbons (Fsp3) is 0.304. The first-order chi connectivity index (χ1) is 13.2. The maximum Gasteiger partial charge on any atom is 0.273 e. The normalized spacial score (nSPS) is 16.4. The summed E-state index contributed by atoms with van der Waals surface area (Å²) in [4.78, 5) is 21.8. The predicted molar refractivity (Wildman–Crippen MR) is 109 cm³/mol. The molecule has 0 saturated carbocycles. The zero-order valence-corrected chi connectivity index (χ0v) is 15.7. The van der Waals surface area contributed by atoms with Gasteiger partial charge in [-0.1, -0.05) is 54.6 Å². The molecule has 1 amide bonds. The molecule has 1 aliphatic rings. The number of benzene rings is 2. The van der Waals surface area contributed by atoms with Gasteiger partial charge in [-0.3, -0.25) is 14.7 Å². The van der Waals surface area contributed by atoms with Gasteiger partial charge in [-0.2, -0.15) is 0 Å². The van der Waals surface area contributed by atoms with Crippen molar-refractivity contribution in [2.45, 2.75) is 19.4 Å². The third kappa shape index (κ3) is 3.86. The molecular weight excluding hydrogens is 334 g/mol. The summed E-state index contributed by atoms with van der Waals surface area (Å²) in [6.45, 7) is 5.59. The molecule has 4 rings (SSSR count). The quantitative estimate of drug-likeness (QED) is 0.714. The first-order valence-electron chi connectivity index (χ1n) is 9.63. The lowest BCUT2D eigenvalue weighted by Crippen LogP contribution is -2.51. The Morgan fingerprint density at radius 3 is 2.44 bits per heavy atom. The Morgan fingerprint density at radius 2 is 1.67 bits per heavy atom. The molecule has 2 heterocycles. The minimum absolute atomic E-state index is 0.0437. The topological polar surface area (TPSA) is 36.4 Å². The molecule has 0 N–H and O–H groups in total. The Kier molecular flexibility index (Phi) is 5.16. The number of rotatable bonds is 4. The molecule has 0 aliphatic carbocycles. The number of aromatic nitrogens is 1. The van der Waals surface area contributed by atoms with E-state index >= 15 is 0 Å². The first-order valence-corrected chi connectivity index (χ1v) is 9.63. The Balaban J connectivity index is 1.40. The van der Waals surface area contributed by atoms with Gasteiger partial charge < -0.3 is 4.90 Å². The molecule has 1 fully saturated rings. The van der Waals surface area contributed by atoms with Crippen LogP contribution in [0.1, 0.15) is 23.0 Å². The summed E-state index contributed by atoms with van der Waals surface area (Å²) < 4.78 is 0. The van der Waals surface area contributed by atoms with Gasteiger partial charge in [0.2, 0.25) is 0 Å². The van der Waals surface area contributed by atoms with E-state index in [1.54, 1.807) is 6.20 Å². The average Bonchev–Trinajstić information content (AvgIpc) is 2.73. The van der Waals surface area contributed by atoms with E-state index in [0.717, 1.165) is 43.4 Å². The van der Waals surface area contributed by atoms with Crippen molar-refractivity contribution < 1.29 is 4.79 Å². The van der Waals surface area contributed by atoms with Crippen LogP contribution in [-0.2, 0) is 6.42 Å². The number of amides is 1. The summed E-state index contributed by atoms with van der Waals surface area (Å²) >= 11 is 0. The van der Waals surface area contributed by atoms with Gasteiger partial charge in [-0.25, -0.2) is 0 Å². The monoisotopic (exact) mass is 359 g/mol. The third-order valence-corrected chi connectivity index (χ3v) is 5.47. The van der Waals surface area contributed by atoms with E-state index in [1.165, 1.54) is 5.56 Å². The van der Waals surface area contributed by atoms with Crippen LogP contribution in [0.4, 0.5) is 0 Å². The van der Waals surface area contributed by atoms with Crippen molar-refractivity contribution in [2.24, 2.45) is 0 Å². The van der Waals surface area contributed by atoms with E-state index in [9.17, 15) is 4.79 Å². The fourth-order valence-corrected chi connectivity index (χ4v) is 3.89. The maximum atomic E-state index is 13.0. The number of carbonyl (C=O) groups is 1. The van der Waals surface area contributed by atoms with Gasteiger partial charge in [0.1, 0.15) is 5.69 Å². The van der Waals surface area contributed by atoms with E-state index in [4.69, 9.17) is 0 Å². The molecular formula is C23H25N3O. The van der Waals surface area contributed by atoms with Gasteiger partial charge in [0.25, 0.3) is 5.91 Å². The van der Waals surface area contributed by atoms with E-state index in [-0.39, 0.29) is 5.91 Å². The van der Waals surface area contributed by atoms with Crippen molar-refractivity contribution in [2.75, 3.05) is 26.2 Å². The van der Waals surface area contributed by atoms with Gasteiger partial charge >= 0.3 is 0 Å². The Hall–Kier alpha value is -2.72. The molecule has 1 aliphatic heterocycles. The molecule has 4 heteroatoms. The summed E-state index contributed by atoms with van der Waals surface area (Å²) in [5.41, 5.74) is 1.93. The van der Waals surface area contributed by atoms with Gasteiger partial charge in [-0.05, 0) is 30.4 Å². The molecule has 2 aromatic carbocycles. The SMILES string of the molecule is CC(Cc1ccccc1)N1CCN(C(=O)c2nccc3ccccc23)CC1. The molecule has 0 spiro atoms. The first kappa shape index (κ1) is 17.7. The van der Waals surface area contributed by atoms with Gasteiger partial charge in [0.15, 0.2) is 0 Å². The molecule has 0 bridgehead atoms. The van der Waals surface area contributed by atoms with E-state index in [0.29, 0.717) is 11.7 Å². The van der Waals surface area contributed by atoms with E-state index in [1.807, 2.05) is 35.2 Å². The largest absolute Gasteiger partial charge is 0.335 e. The van der Waals surface area contributed by atoms with Crippen LogP contribution in [0, 0.1) is 0 Å². The summed E-state index contributed by atoms with van der Waals surface area (Å²) in [6, 6.07) is 21.0. The highest BCUT2D eigenvalue weighted by atomic mass is 16.2. The number of carbonyl (C=O) groups excluding carboxylic acids is 1. The van der Waals surface area contributed by atoms with Crippen LogP contribution < -0.4 is 0 Å². The molecule has 3 aromatic rings. The average molecular weight is 359 g/mol. The molecule has 138 valence electrons. The Morgan fingerprint density at radius 1 is 0.963 bits per heavy atom. The number of pyridine rings is 1. The number of hydrogen-bond acceptors (Lipinski definition) is 3. The molecule has 1 atom stereocenters. The number of piperazine rings is 1. The van der Waals surface area contributed by atoms with Crippen molar-refractivity contribution in [1.29, 1.82) is 0 Å². The highest BCUT2D eigenvalue weighted by Gasteiger charge is 2.26. The van der Waals surface area contributed by atoms with Crippen LogP contribution in [0.3, 0.4) is 0 Å². The van der Waals surface area contributed by atoms with Crippen molar-refractivity contribution >= 4 is 16.7 Å². The molecule has 1 saturated heterocycles. The molecule has 4 nitrogen and oxygen atoms in total. The predicted octanol–water partition coefficient (Wildman–Crippen LogP) is 3.62. The second-order valence-corrected chi connectivity index (χ2v) is 7.25. The zero-order valence-electron chi connectivity index (χ0n) is 15.7. The van der Waals surface area contributed by atoms with Gasteiger partial charge in [-0.15, -0.1) is 0 Å². The highest BCUT2D eigenvalue weighted by Crippen LogP contribution is 2.19. The van der Waals surface area contributed by atoms with Crippen LogP contribution in [0.2, 0.25) is 0 Å². The van der Waals surface area contributed by atoms with Crippen LogP contribution in [0.25, 0.3) is 10.8 Å². The lowest BCUT2D eigenvalue weighted by Gasteiger charge is -2.38. The van der Waals surface area contributed by atoms with E-state index < -0.39 is 0 Å². The van der Waals surface area contributed by atoms with Crippen LogP contribution in [0.15, 0.2) is 66.9 Å².